The highest BCUT2D eigenvalue weighted by molar-refractivity contribution is 5.86. The summed E-state index contributed by atoms with van der Waals surface area (Å²) in [6.07, 6.45) is 0. The molecule has 1 aromatic rings. The fraction of sp³-hybridized carbons (Fsp3) is 0.467. The number of benzene rings is 1. The molecule has 0 spiro atoms. The van der Waals surface area contributed by atoms with Crippen molar-refractivity contribution in [1.82, 2.24) is 15.5 Å². The van der Waals surface area contributed by atoms with Gasteiger partial charge in [0, 0.05) is 25.7 Å². The Bertz CT molecular complexity index is 484. The lowest BCUT2D eigenvalue weighted by Crippen LogP contribution is -2.54. The zero-order chi connectivity index (χ0) is 15.1. The third kappa shape index (κ3) is 5.54. The number of nitrogens with one attached hydrogen (secondary N) is 2. The lowest BCUT2D eigenvalue weighted by molar-refractivity contribution is -0.135. The van der Waals surface area contributed by atoms with Gasteiger partial charge in [-0.2, -0.15) is 0 Å². The van der Waals surface area contributed by atoms with E-state index in [1.165, 1.54) is 0 Å². The Morgan fingerprint density at radius 1 is 1.36 bits per heavy atom. The predicted molar refractivity (Wildman–Crippen MR) is 86.2 cm³/mol. The Hall–Kier alpha value is -1.79. The molecule has 0 aromatic heterocycles. The second-order valence-electron chi connectivity index (χ2n) is 5.02. The van der Waals surface area contributed by atoms with E-state index in [1.807, 2.05) is 25.1 Å². The summed E-state index contributed by atoms with van der Waals surface area (Å²) in [5.41, 5.74) is 0. The summed E-state index contributed by atoms with van der Waals surface area (Å²) >= 11 is 0. The van der Waals surface area contributed by atoms with Gasteiger partial charge in [-0.15, -0.1) is 12.4 Å². The normalized spacial score (nSPS) is 17.3. The first-order chi connectivity index (χ1) is 10.2. The molecule has 1 atom stereocenters. The van der Waals surface area contributed by atoms with E-state index in [4.69, 9.17) is 4.74 Å². The Labute approximate surface area is 136 Å². The molecule has 0 unspecified atom stereocenters. The van der Waals surface area contributed by atoms with Gasteiger partial charge in [-0.25, -0.2) is 0 Å². The summed E-state index contributed by atoms with van der Waals surface area (Å²) in [4.78, 5) is 25.5. The van der Waals surface area contributed by atoms with E-state index in [0.717, 1.165) is 13.1 Å². The number of carbonyl (C=O) groups excluding carboxylic acids is 2. The van der Waals surface area contributed by atoms with Gasteiger partial charge in [0.05, 0.1) is 6.54 Å². The molecule has 7 heteroatoms. The van der Waals surface area contributed by atoms with Crippen LogP contribution in [0, 0.1) is 0 Å². The maximum atomic E-state index is 12.0. The minimum Gasteiger partial charge on any atom is -0.484 e. The minimum absolute atomic E-state index is 0. The number of halogens is 1. The molecule has 2 N–H and O–H groups in total. The molecular weight excluding hydrogens is 306 g/mol. The van der Waals surface area contributed by atoms with Crippen LogP contribution in [0.2, 0.25) is 0 Å². The lowest BCUT2D eigenvalue weighted by atomic mass is 10.2. The zero-order valence-electron chi connectivity index (χ0n) is 12.6. The van der Waals surface area contributed by atoms with Crippen molar-refractivity contribution < 1.29 is 14.3 Å². The molecule has 2 amide bonds. The fourth-order valence-electron chi connectivity index (χ4n) is 2.20. The van der Waals surface area contributed by atoms with Crippen LogP contribution in [0.5, 0.6) is 5.75 Å². The van der Waals surface area contributed by atoms with Crippen molar-refractivity contribution in [2.24, 2.45) is 0 Å². The molecule has 22 heavy (non-hydrogen) atoms. The van der Waals surface area contributed by atoms with E-state index in [2.05, 4.69) is 10.6 Å². The largest absolute Gasteiger partial charge is 0.484 e. The Morgan fingerprint density at radius 2 is 2.09 bits per heavy atom. The number of ether oxygens (including phenoxy) is 1. The molecule has 2 rings (SSSR count). The second kappa shape index (κ2) is 9.27. The third-order valence-corrected chi connectivity index (χ3v) is 3.37. The Morgan fingerprint density at radius 3 is 2.77 bits per heavy atom. The molecule has 0 bridgehead atoms. The fourth-order valence-corrected chi connectivity index (χ4v) is 2.20. The van der Waals surface area contributed by atoms with Crippen molar-refractivity contribution in [3.05, 3.63) is 30.3 Å². The van der Waals surface area contributed by atoms with Gasteiger partial charge < -0.3 is 20.3 Å². The standard InChI is InChI=1S/C15H21N3O3.ClH/c1-12-9-16-7-8-18(12)15(20)10-17-14(19)11-21-13-5-3-2-4-6-13;/h2-6,12,16H,7-11H2,1H3,(H,17,19);1H/t12-;/m0./s1. The van der Waals surface area contributed by atoms with Crippen LogP contribution in [0.1, 0.15) is 6.92 Å². The number of nitrogens with zero attached hydrogens (tertiary/aromatic N) is 1. The van der Waals surface area contributed by atoms with Gasteiger partial charge in [0.1, 0.15) is 5.75 Å². The zero-order valence-corrected chi connectivity index (χ0v) is 13.4. The number of amides is 2. The maximum absolute atomic E-state index is 12.0. The molecule has 0 radical (unpaired) electrons. The first-order valence-corrected chi connectivity index (χ1v) is 7.11. The highest BCUT2D eigenvalue weighted by Gasteiger charge is 2.22. The number of hydrogen-bond acceptors (Lipinski definition) is 4. The smallest absolute Gasteiger partial charge is 0.258 e. The monoisotopic (exact) mass is 327 g/mol. The molecule has 1 aliphatic rings. The number of para-hydroxylation sites is 1. The SMILES string of the molecule is C[C@H]1CNCCN1C(=O)CNC(=O)COc1ccccc1.Cl. The number of carbonyl (C=O) groups is 2. The summed E-state index contributed by atoms with van der Waals surface area (Å²) in [5.74, 6) is 0.279. The highest BCUT2D eigenvalue weighted by Crippen LogP contribution is 2.07. The van der Waals surface area contributed by atoms with Gasteiger partial charge in [0.25, 0.3) is 5.91 Å². The number of hydrogen-bond donors (Lipinski definition) is 2. The van der Waals surface area contributed by atoms with Crippen molar-refractivity contribution in [2.75, 3.05) is 32.8 Å². The first-order valence-electron chi connectivity index (χ1n) is 7.11. The quantitative estimate of drug-likeness (QED) is 0.822. The minimum atomic E-state index is -0.296. The summed E-state index contributed by atoms with van der Waals surface area (Å²) in [6, 6.07) is 9.26. The molecule has 1 aromatic carbocycles. The van der Waals surface area contributed by atoms with E-state index < -0.39 is 0 Å². The van der Waals surface area contributed by atoms with Gasteiger partial charge in [-0.05, 0) is 19.1 Å². The van der Waals surface area contributed by atoms with Crippen molar-refractivity contribution in [1.29, 1.82) is 0 Å². The maximum Gasteiger partial charge on any atom is 0.258 e. The average molecular weight is 328 g/mol. The van der Waals surface area contributed by atoms with Crippen LogP contribution in [-0.2, 0) is 9.59 Å². The van der Waals surface area contributed by atoms with Gasteiger partial charge in [0.15, 0.2) is 6.61 Å². The van der Waals surface area contributed by atoms with E-state index in [-0.39, 0.29) is 43.4 Å². The number of rotatable bonds is 5. The van der Waals surface area contributed by atoms with Crippen LogP contribution < -0.4 is 15.4 Å². The predicted octanol–water partition coefficient (Wildman–Crippen LogP) is 0.424. The second-order valence-corrected chi connectivity index (χ2v) is 5.02. The third-order valence-electron chi connectivity index (χ3n) is 3.37. The first kappa shape index (κ1) is 18.3. The highest BCUT2D eigenvalue weighted by atomic mass is 35.5. The molecule has 1 saturated heterocycles. The molecule has 6 nitrogen and oxygen atoms in total. The van der Waals surface area contributed by atoms with Crippen LogP contribution in [-0.4, -0.2) is 55.5 Å². The Kier molecular flexibility index (Phi) is 7.70. The average Bonchev–Trinajstić information content (AvgIpc) is 2.52. The topological polar surface area (TPSA) is 70.7 Å². The van der Waals surface area contributed by atoms with Crippen LogP contribution in [0.25, 0.3) is 0 Å². The number of piperazine rings is 1. The van der Waals surface area contributed by atoms with Gasteiger partial charge in [-0.1, -0.05) is 18.2 Å². The van der Waals surface area contributed by atoms with Crippen molar-refractivity contribution >= 4 is 24.2 Å². The summed E-state index contributed by atoms with van der Waals surface area (Å²) in [5, 5.41) is 5.82. The molecule has 122 valence electrons. The molecule has 0 aliphatic carbocycles. The van der Waals surface area contributed by atoms with Crippen LogP contribution in [0.3, 0.4) is 0 Å². The molecule has 1 aliphatic heterocycles. The van der Waals surface area contributed by atoms with Crippen LogP contribution in [0.15, 0.2) is 30.3 Å². The summed E-state index contributed by atoms with van der Waals surface area (Å²) in [6.45, 7) is 4.18. The van der Waals surface area contributed by atoms with E-state index >= 15 is 0 Å². The van der Waals surface area contributed by atoms with E-state index in [0.29, 0.717) is 12.3 Å². The molecule has 1 heterocycles. The van der Waals surface area contributed by atoms with Gasteiger partial charge >= 0.3 is 0 Å². The van der Waals surface area contributed by atoms with Crippen molar-refractivity contribution in [2.45, 2.75) is 13.0 Å². The lowest BCUT2D eigenvalue weighted by Gasteiger charge is -2.34. The van der Waals surface area contributed by atoms with Gasteiger partial charge in [0.2, 0.25) is 5.91 Å². The van der Waals surface area contributed by atoms with Gasteiger partial charge in [-0.3, -0.25) is 9.59 Å². The van der Waals surface area contributed by atoms with Crippen LogP contribution in [0.4, 0.5) is 0 Å². The van der Waals surface area contributed by atoms with Crippen molar-refractivity contribution in [3.8, 4) is 5.75 Å². The Balaban J connectivity index is 0.00000242. The molecular formula is C15H22ClN3O3. The summed E-state index contributed by atoms with van der Waals surface area (Å²) < 4.78 is 5.32. The van der Waals surface area contributed by atoms with E-state index in [1.54, 1.807) is 17.0 Å². The summed E-state index contributed by atoms with van der Waals surface area (Å²) in [7, 11) is 0. The molecule has 0 saturated carbocycles. The molecule has 1 fully saturated rings. The van der Waals surface area contributed by atoms with Crippen LogP contribution >= 0.6 is 12.4 Å². The van der Waals surface area contributed by atoms with E-state index in [9.17, 15) is 9.59 Å². The van der Waals surface area contributed by atoms with Crippen molar-refractivity contribution in [3.63, 3.8) is 0 Å².